The van der Waals surface area contributed by atoms with E-state index in [2.05, 4.69) is 6.07 Å². The van der Waals surface area contributed by atoms with E-state index >= 15 is 0 Å². The summed E-state index contributed by atoms with van der Waals surface area (Å²) in [7, 11) is 0. The molecule has 0 radical (unpaired) electrons. The molecule has 0 saturated carbocycles. The zero-order valence-corrected chi connectivity index (χ0v) is 19.8. The van der Waals surface area contributed by atoms with E-state index < -0.39 is 6.09 Å². The highest BCUT2D eigenvalue weighted by atomic mass is 19.1. The highest BCUT2D eigenvalue weighted by Crippen LogP contribution is 2.32. The smallest absolute Gasteiger partial charge is 0.407 e. The predicted octanol–water partition coefficient (Wildman–Crippen LogP) is 6.61. The maximum Gasteiger partial charge on any atom is 0.407 e. The number of hydrogen-bond acceptors (Lipinski definition) is 3. The number of amides is 1. The van der Waals surface area contributed by atoms with E-state index in [1.165, 1.54) is 17.0 Å². The van der Waals surface area contributed by atoms with Gasteiger partial charge in [0.1, 0.15) is 18.2 Å². The highest BCUT2D eigenvalue weighted by molar-refractivity contribution is 5.88. The highest BCUT2D eigenvalue weighted by Gasteiger charge is 2.33. The topological polar surface area (TPSA) is 59.0 Å². The average Bonchev–Trinajstić information content (AvgIpc) is 2.91. The lowest BCUT2D eigenvalue weighted by molar-refractivity contribution is -0.0199. The molecule has 0 spiro atoms. The van der Waals surface area contributed by atoms with Gasteiger partial charge >= 0.3 is 6.09 Å². The molecule has 1 saturated heterocycles. The number of carboxylic acid groups (broad SMARTS) is 1. The van der Waals surface area contributed by atoms with Crippen LogP contribution < -0.4 is 4.74 Å². The molecule has 36 heavy (non-hydrogen) atoms. The molecule has 5 rings (SSSR count). The molecule has 4 aromatic rings. The molecule has 1 amide bonds. The molecule has 184 valence electrons. The van der Waals surface area contributed by atoms with Crippen molar-refractivity contribution in [2.75, 3.05) is 13.1 Å². The van der Waals surface area contributed by atoms with Crippen LogP contribution in [0.4, 0.5) is 9.18 Å². The van der Waals surface area contributed by atoms with Crippen LogP contribution in [-0.4, -0.2) is 35.3 Å². The second-order valence-electron chi connectivity index (χ2n) is 9.11. The van der Waals surface area contributed by atoms with Crippen LogP contribution in [0.3, 0.4) is 0 Å². The number of nitrogens with zero attached hydrogens (tertiary/aromatic N) is 1. The fourth-order valence-corrected chi connectivity index (χ4v) is 4.81. The van der Waals surface area contributed by atoms with Gasteiger partial charge in [0.15, 0.2) is 0 Å². The quantitative estimate of drug-likeness (QED) is 0.320. The minimum atomic E-state index is -0.949. The third kappa shape index (κ3) is 5.50. The van der Waals surface area contributed by atoms with Crippen molar-refractivity contribution in [1.82, 2.24) is 4.90 Å². The van der Waals surface area contributed by atoms with E-state index in [4.69, 9.17) is 9.47 Å². The minimum absolute atomic E-state index is 0.000328. The lowest BCUT2D eigenvalue weighted by Crippen LogP contribution is -2.46. The van der Waals surface area contributed by atoms with E-state index in [1.54, 1.807) is 12.1 Å². The fraction of sp³-hybridized carbons (Fsp3) is 0.233. The molecule has 1 N–H and O–H groups in total. The van der Waals surface area contributed by atoms with Crippen LogP contribution in [0, 0.1) is 5.82 Å². The van der Waals surface area contributed by atoms with Crippen LogP contribution in [-0.2, 0) is 18.0 Å². The molecular formula is C30H28FNO4. The van der Waals surface area contributed by atoms with E-state index in [0.29, 0.717) is 26.2 Å². The van der Waals surface area contributed by atoms with E-state index in [9.17, 15) is 14.3 Å². The number of benzene rings is 4. The third-order valence-corrected chi connectivity index (χ3v) is 6.73. The Hall–Kier alpha value is -3.90. The summed E-state index contributed by atoms with van der Waals surface area (Å²) < 4.78 is 25.8. The lowest BCUT2D eigenvalue weighted by atomic mass is 9.87. The largest absolute Gasteiger partial charge is 0.488 e. The van der Waals surface area contributed by atoms with Crippen molar-refractivity contribution >= 4 is 16.9 Å². The van der Waals surface area contributed by atoms with Crippen LogP contribution in [0.2, 0.25) is 0 Å². The van der Waals surface area contributed by atoms with Crippen molar-refractivity contribution in [2.24, 2.45) is 0 Å². The Labute approximate surface area is 209 Å². The molecule has 4 aromatic carbocycles. The van der Waals surface area contributed by atoms with Gasteiger partial charge in [-0.3, -0.25) is 0 Å². The molecule has 6 heteroatoms. The van der Waals surface area contributed by atoms with Crippen LogP contribution in [0.1, 0.15) is 29.0 Å². The molecule has 0 aromatic heterocycles. The Morgan fingerprint density at radius 1 is 0.917 bits per heavy atom. The molecule has 0 aliphatic carbocycles. The first-order chi connectivity index (χ1) is 17.6. The van der Waals surface area contributed by atoms with Crippen LogP contribution >= 0.6 is 0 Å². The van der Waals surface area contributed by atoms with Gasteiger partial charge in [-0.15, -0.1) is 0 Å². The first-order valence-electron chi connectivity index (χ1n) is 12.1. The summed E-state index contributed by atoms with van der Waals surface area (Å²) in [5.74, 6) is 0.534. The van der Waals surface area contributed by atoms with Gasteiger partial charge in [-0.25, -0.2) is 9.18 Å². The Bertz CT molecular complexity index is 1330. The number of fused-ring (bicyclic) bond motifs is 1. The summed E-state index contributed by atoms with van der Waals surface area (Å²) in [6.07, 6.45) is -0.644. The van der Waals surface area contributed by atoms with E-state index in [0.717, 1.165) is 33.2 Å². The maximum absolute atomic E-state index is 13.5. The van der Waals surface area contributed by atoms with Gasteiger partial charge in [0, 0.05) is 17.8 Å². The standard InChI is InChI=1S/C30H28FNO4/c31-25-12-10-23(11-13-25)27-15-16-32(30(33)34)18-29(27)36-20-22-9-14-26-24(17-22)7-4-8-28(26)35-19-21-5-2-1-3-6-21/h1-14,17,27,29H,15-16,18-20H2,(H,33,34). The van der Waals surface area contributed by atoms with Gasteiger partial charge in [0.2, 0.25) is 0 Å². The van der Waals surface area contributed by atoms with Gasteiger partial charge in [-0.05, 0) is 52.8 Å². The van der Waals surface area contributed by atoms with Crippen molar-refractivity contribution in [3.05, 3.63) is 114 Å². The number of halogens is 1. The van der Waals surface area contributed by atoms with Crippen molar-refractivity contribution in [2.45, 2.75) is 31.7 Å². The number of piperidine rings is 1. The first-order valence-corrected chi connectivity index (χ1v) is 12.1. The normalized spacial score (nSPS) is 17.8. The van der Waals surface area contributed by atoms with Gasteiger partial charge in [-0.2, -0.15) is 0 Å². The zero-order valence-electron chi connectivity index (χ0n) is 19.8. The monoisotopic (exact) mass is 485 g/mol. The van der Waals surface area contributed by atoms with Gasteiger partial charge in [0.05, 0.1) is 19.3 Å². The predicted molar refractivity (Wildman–Crippen MR) is 137 cm³/mol. The maximum atomic E-state index is 13.5. The van der Waals surface area contributed by atoms with E-state index in [1.807, 2.05) is 60.7 Å². The van der Waals surface area contributed by atoms with Gasteiger partial charge in [0.25, 0.3) is 0 Å². The molecule has 2 unspecified atom stereocenters. The van der Waals surface area contributed by atoms with E-state index in [-0.39, 0.29) is 24.4 Å². The summed E-state index contributed by atoms with van der Waals surface area (Å²) in [4.78, 5) is 13.0. The summed E-state index contributed by atoms with van der Waals surface area (Å²) in [5.41, 5.74) is 3.07. The second-order valence-corrected chi connectivity index (χ2v) is 9.11. The molecule has 1 aliphatic rings. The average molecular weight is 486 g/mol. The van der Waals surface area contributed by atoms with Crippen LogP contribution in [0.15, 0.2) is 91.0 Å². The number of likely N-dealkylation sites (tertiary alicyclic amines) is 1. The Morgan fingerprint density at radius 3 is 2.50 bits per heavy atom. The molecule has 1 aliphatic heterocycles. The van der Waals surface area contributed by atoms with Crippen LogP contribution in [0.25, 0.3) is 10.8 Å². The van der Waals surface area contributed by atoms with Crippen molar-refractivity contribution < 1.29 is 23.8 Å². The second kappa shape index (κ2) is 10.8. The summed E-state index contributed by atoms with van der Waals surface area (Å²) in [6.45, 7) is 1.56. The minimum Gasteiger partial charge on any atom is -0.488 e. The van der Waals surface area contributed by atoms with Gasteiger partial charge < -0.3 is 19.5 Å². The summed E-state index contributed by atoms with van der Waals surface area (Å²) in [6, 6.07) is 28.6. The van der Waals surface area contributed by atoms with Crippen molar-refractivity contribution in [1.29, 1.82) is 0 Å². The number of carbonyl (C=O) groups is 1. The molecule has 1 fully saturated rings. The lowest BCUT2D eigenvalue weighted by Gasteiger charge is -2.37. The fourth-order valence-electron chi connectivity index (χ4n) is 4.81. The molecular weight excluding hydrogens is 457 g/mol. The Morgan fingerprint density at radius 2 is 1.72 bits per heavy atom. The molecule has 0 bridgehead atoms. The Kier molecular flexibility index (Phi) is 7.14. The SMILES string of the molecule is O=C(O)N1CCC(c2ccc(F)cc2)C(OCc2ccc3c(OCc4ccccc4)cccc3c2)C1. The summed E-state index contributed by atoms with van der Waals surface area (Å²) in [5, 5.41) is 11.6. The van der Waals surface area contributed by atoms with Crippen molar-refractivity contribution in [3.63, 3.8) is 0 Å². The molecule has 2 atom stereocenters. The Balaban J connectivity index is 1.30. The number of ether oxygens (including phenoxy) is 2. The van der Waals surface area contributed by atoms with Crippen molar-refractivity contribution in [3.8, 4) is 5.75 Å². The summed E-state index contributed by atoms with van der Waals surface area (Å²) >= 11 is 0. The van der Waals surface area contributed by atoms with Gasteiger partial charge in [-0.1, -0.05) is 66.7 Å². The molecule has 1 heterocycles. The molecule has 5 nitrogen and oxygen atoms in total. The van der Waals surface area contributed by atoms with Crippen LogP contribution in [0.5, 0.6) is 5.75 Å². The number of rotatable bonds is 7. The zero-order chi connectivity index (χ0) is 24.9. The third-order valence-electron chi connectivity index (χ3n) is 6.73. The first kappa shape index (κ1) is 23.8. The number of hydrogen-bond donors (Lipinski definition) is 1.